The fourth-order valence-corrected chi connectivity index (χ4v) is 2.91. The van der Waals surface area contributed by atoms with Crippen molar-refractivity contribution in [2.75, 3.05) is 18.4 Å². The number of anilines is 1. The highest BCUT2D eigenvalue weighted by Crippen LogP contribution is 2.15. The van der Waals surface area contributed by atoms with Gasteiger partial charge in [-0.1, -0.05) is 24.3 Å². The van der Waals surface area contributed by atoms with Crippen LogP contribution in [-0.4, -0.2) is 36.0 Å². The van der Waals surface area contributed by atoms with E-state index in [-0.39, 0.29) is 18.0 Å². The summed E-state index contributed by atoms with van der Waals surface area (Å²) < 4.78 is 13.3. The molecule has 0 saturated carbocycles. The number of para-hydroxylation sites is 1. The van der Waals surface area contributed by atoms with Gasteiger partial charge < -0.3 is 15.5 Å². The number of nitrogens with zero attached hydrogens (tertiary/aromatic N) is 1. The maximum absolute atomic E-state index is 13.3. The van der Waals surface area contributed by atoms with Crippen molar-refractivity contribution in [3.63, 3.8) is 0 Å². The van der Waals surface area contributed by atoms with E-state index in [9.17, 15) is 14.0 Å². The lowest BCUT2D eigenvalue weighted by atomic mass is 10.0. The molecule has 0 spiro atoms. The summed E-state index contributed by atoms with van der Waals surface area (Å²) in [6, 6.07) is 14.7. The van der Waals surface area contributed by atoms with Crippen LogP contribution in [0.3, 0.4) is 0 Å². The normalized spacial score (nSPS) is 14.8. The summed E-state index contributed by atoms with van der Waals surface area (Å²) in [5.74, 6) is -0.591. The van der Waals surface area contributed by atoms with Gasteiger partial charge in [0.2, 0.25) is 0 Å². The lowest BCUT2D eigenvalue weighted by Crippen LogP contribution is -2.47. The van der Waals surface area contributed by atoms with Gasteiger partial charge in [0.05, 0.1) is 0 Å². The monoisotopic (exact) mass is 341 g/mol. The Morgan fingerprint density at radius 1 is 1.00 bits per heavy atom. The Bertz CT molecular complexity index is 743. The zero-order valence-electron chi connectivity index (χ0n) is 13.7. The van der Waals surface area contributed by atoms with Gasteiger partial charge in [-0.15, -0.1) is 0 Å². The second kappa shape index (κ2) is 7.79. The van der Waals surface area contributed by atoms with E-state index < -0.39 is 5.82 Å². The molecule has 1 aliphatic heterocycles. The van der Waals surface area contributed by atoms with E-state index in [1.165, 1.54) is 18.2 Å². The molecule has 1 aliphatic rings. The molecule has 3 rings (SSSR count). The predicted octanol–water partition coefficient (Wildman–Crippen LogP) is 3.25. The van der Waals surface area contributed by atoms with Crippen molar-refractivity contribution in [3.05, 3.63) is 66.0 Å². The van der Waals surface area contributed by atoms with E-state index in [2.05, 4.69) is 10.6 Å². The molecule has 0 atom stereocenters. The summed E-state index contributed by atoms with van der Waals surface area (Å²) >= 11 is 0. The number of halogens is 1. The third-order valence-corrected chi connectivity index (χ3v) is 4.22. The minimum absolute atomic E-state index is 0.0141. The molecule has 3 amide bonds. The van der Waals surface area contributed by atoms with Crippen LogP contribution in [0.15, 0.2) is 54.6 Å². The van der Waals surface area contributed by atoms with Gasteiger partial charge in [-0.05, 0) is 43.2 Å². The van der Waals surface area contributed by atoms with E-state index in [0.717, 1.165) is 5.69 Å². The van der Waals surface area contributed by atoms with Crippen LogP contribution in [0, 0.1) is 5.82 Å². The Hall–Kier alpha value is -2.89. The molecule has 0 unspecified atom stereocenters. The number of amides is 3. The number of carbonyl (C=O) groups is 2. The molecule has 2 aromatic carbocycles. The summed E-state index contributed by atoms with van der Waals surface area (Å²) in [6.07, 6.45) is 1.34. The largest absolute Gasteiger partial charge is 0.338 e. The van der Waals surface area contributed by atoms with Crippen molar-refractivity contribution in [2.24, 2.45) is 0 Å². The lowest BCUT2D eigenvalue weighted by Gasteiger charge is -2.32. The second-order valence-corrected chi connectivity index (χ2v) is 6.04. The molecule has 1 saturated heterocycles. The van der Waals surface area contributed by atoms with E-state index in [1.807, 2.05) is 30.3 Å². The van der Waals surface area contributed by atoms with Gasteiger partial charge >= 0.3 is 6.03 Å². The van der Waals surface area contributed by atoms with Crippen LogP contribution in [0.4, 0.5) is 14.9 Å². The first kappa shape index (κ1) is 17.0. The van der Waals surface area contributed by atoms with Crippen LogP contribution < -0.4 is 10.6 Å². The van der Waals surface area contributed by atoms with Gasteiger partial charge in [-0.3, -0.25) is 4.79 Å². The number of carbonyl (C=O) groups excluding carboxylic acids is 2. The summed E-state index contributed by atoms with van der Waals surface area (Å²) in [5, 5.41) is 5.71. The van der Waals surface area contributed by atoms with Crippen molar-refractivity contribution in [2.45, 2.75) is 18.9 Å². The highest BCUT2D eigenvalue weighted by Gasteiger charge is 2.24. The molecular formula is C19H20FN3O2. The zero-order chi connectivity index (χ0) is 17.6. The third kappa shape index (κ3) is 4.56. The number of benzene rings is 2. The molecule has 0 aromatic heterocycles. The molecular weight excluding hydrogens is 321 g/mol. The standard InChI is InChI=1S/C19H20FN3O2/c20-15-6-4-5-14(13-15)18(24)23-11-9-17(10-12-23)22-19(25)21-16-7-2-1-3-8-16/h1-8,13,17H,9-12H2,(H2,21,22,25). The first-order valence-electron chi connectivity index (χ1n) is 8.29. The molecule has 6 heteroatoms. The van der Waals surface area contributed by atoms with Gasteiger partial charge in [-0.2, -0.15) is 0 Å². The number of nitrogens with one attached hydrogen (secondary N) is 2. The first-order valence-corrected chi connectivity index (χ1v) is 8.29. The lowest BCUT2D eigenvalue weighted by molar-refractivity contribution is 0.0708. The molecule has 5 nitrogen and oxygen atoms in total. The summed E-state index contributed by atoms with van der Waals surface area (Å²) in [6.45, 7) is 1.07. The van der Waals surface area contributed by atoms with E-state index in [1.54, 1.807) is 11.0 Å². The third-order valence-electron chi connectivity index (χ3n) is 4.22. The smallest absolute Gasteiger partial charge is 0.319 e. The molecule has 1 heterocycles. The Labute approximate surface area is 145 Å². The average Bonchev–Trinajstić information content (AvgIpc) is 2.62. The van der Waals surface area contributed by atoms with Crippen molar-refractivity contribution in [1.29, 1.82) is 0 Å². The number of hydrogen-bond donors (Lipinski definition) is 2. The SMILES string of the molecule is O=C(Nc1ccccc1)NC1CCN(C(=O)c2cccc(F)c2)CC1. The van der Waals surface area contributed by atoms with Crippen LogP contribution in [0.1, 0.15) is 23.2 Å². The maximum atomic E-state index is 13.3. The van der Waals surface area contributed by atoms with Crippen molar-refractivity contribution < 1.29 is 14.0 Å². The van der Waals surface area contributed by atoms with Crippen molar-refractivity contribution >= 4 is 17.6 Å². The van der Waals surface area contributed by atoms with Gasteiger partial charge in [0.25, 0.3) is 5.91 Å². The minimum Gasteiger partial charge on any atom is -0.338 e. The van der Waals surface area contributed by atoms with E-state index >= 15 is 0 Å². The summed E-state index contributed by atoms with van der Waals surface area (Å²) in [4.78, 5) is 26.1. The van der Waals surface area contributed by atoms with E-state index in [4.69, 9.17) is 0 Å². The van der Waals surface area contributed by atoms with Crippen LogP contribution in [-0.2, 0) is 0 Å². The molecule has 0 bridgehead atoms. The van der Waals surface area contributed by atoms with Gasteiger partial charge in [0, 0.05) is 30.4 Å². The molecule has 130 valence electrons. The van der Waals surface area contributed by atoms with Crippen LogP contribution in [0.5, 0.6) is 0 Å². The fourth-order valence-electron chi connectivity index (χ4n) is 2.91. The summed E-state index contributed by atoms with van der Waals surface area (Å²) in [5.41, 5.74) is 1.09. The Morgan fingerprint density at radius 2 is 1.72 bits per heavy atom. The van der Waals surface area contributed by atoms with Crippen LogP contribution in [0.2, 0.25) is 0 Å². The van der Waals surface area contributed by atoms with Gasteiger partial charge in [-0.25, -0.2) is 9.18 Å². The highest BCUT2D eigenvalue weighted by atomic mass is 19.1. The Balaban J connectivity index is 1.48. The Morgan fingerprint density at radius 3 is 2.40 bits per heavy atom. The van der Waals surface area contributed by atoms with Gasteiger partial charge in [0.1, 0.15) is 5.82 Å². The second-order valence-electron chi connectivity index (χ2n) is 6.04. The number of hydrogen-bond acceptors (Lipinski definition) is 2. The fraction of sp³-hybridized carbons (Fsp3) is 0.263. The molecule has 2 N–H and O–H groups in total. The van der Waals surface area contributed by atoms with Gasteiger partial charge in [0.15, 0.2) is 0 Å². The van der Waals surface area contributed by atoms with Crippen LogP contribution in [0.25, 0.3) is 0 Å². The Kier molecular flexibility index (Phi) is 5.28. The van der Waals surface area contributed by atoms with E-state index in [0.29, 0.717) is 31.5 Å². The van der Waals surface area contributed by atoms with Crippen molar-refractivity contribution in [3.8, 4) is 0 Å². The molecule has 25 heavy (non-hydrogen) atoms. The average molecular weight is 341 g/mol. The maximum Gasteiger partial charge on any atom is 0.319 e. The number of piperidine rings is 1. The number of likely N-dealkylation sites (tertiary alicyclic amines) is 1. The highest BCUT2D eigenvalue weighted by molar-refractivity contribution is 5.94. The predicted molar refractivity (Wildman–Crippen MR) is 93.9 cm³/mol. The molecule has 2 aromatic rings. The quantitative estimate of drug-likeness (QED) is 0.900. The first-order chi connectivity index (χ1) is 12.1. The molecule has 0 radical (unpaired) electrons. The van der Waals surface area contributed by atoms with Crippen molar-refractivity contribution in [1.82, 2.24) is 10.2 Å². The number of urea groups is 1. The molecule has 0 aliphatic carbocycles. The topological polar surface area (TPSA) is 61.4 Å². The summed E-state index contributed by atoms with van der Waals surface area (Å²) in [7, 11) is 0. The minimum atomic E-state index is -0.417. The van der Waals surface area contributed by atoms with Crippen LogP contribution >= 0.6 is 0 Å². The molecule has 1 fully saturated rings. The number of rotatable bonds is 3. The zero-order valence-corrected chi connectivity index (χ0v) is 13.7.